The Balaban J connectivity index is 1.20. The molecule has 0 saturated carbocycles. The number of H-pyrrole nitrogens is 2. The topological polar surface area (TPSA) is 627 Å². The first-order valence-electron chi connectivity index (χ1n) is 44.5. The molecule has 0 bridgehead atoms. The molecule has 8 rings (SSSR count). The van der Waals surface area contributed by atoms with Gasteiger partial charge in [0.15, 0.2) is 0 Å². The van der Waals surface area contributed by atoms with Gasteiger partial charge in [0.2, 0.25) is 100 Å². The fraction of sp³-hybridized carbons (Fsp3) is 0.522. The number of nitrogens with one attached hydrogen (secondary N) is 12. The number of thiophene rings is 1. The fourth-order valence-electron chi connectivity index (χ4n) is 15.8. The maximum Gasteiger partial charge on any atom is 0.303 e. The van der Waals surface area contributed by atoms with Gasteiger partial charge in [-0.1, -0.05) is 102 Å². The van der Waals surface area contributed by atoms with E-state index in [9.17, 15) is 68.1 Å². The Morgan fingerprint density at radius 1 is 0.552 bits per heavy atom. The van der Waals surface area contributed by atoms with Gasteiger partial charge in [-0.05, 0) is 110 Å². The van der Waals surface area contributed by atoms with E-state index < -0.39 is 254 Å². The van der Waals surface area contributed by atoms with Crippen molar-refractivity contribution >= 4 is 150 Å². The number of aliphatic hydroxyl groups excluding tert-OH is 1. The molecule has 17 amide bonds. The van der Waals surface area contributed by atoms with Crippen LogP contribution in [0.2, 0.25) is 0 Å². The van der Waals surface area contributed by atoms with E-state index in [4.69, 9.17) is 17.2 Å². The second-order valence-electron chi connectivity index (χ2n) is 34.1. The van der Waals surface area contributed by atoms with Crippen LogP contribution >= 0.6 is 23.1 Å². The average molecular weight is 1900 g/mol. The minimum absolute atomic E-state index is 0.0286. The van der Waals surface area contributed by atoms with E-state index in [0.717, 1.165) is 43.6 Å². The van der Waals surface area contributed by atoms with Crippen LogP contribution in [0.3, 0.4) is 0 Å². The number of carbonyl (C=O) groups excluding carboxylic acids is 17. The van der Waals surface area contributed by atoms with Gasteiger partial charge in [0.25, 0.3) is 0 Å². The number of phenolic OH excluding ortho intramolecular Hbond substituents is 1. The Morgan fingerprint density at radius 2 is 1.10 bits per heavy atom. The van der Waals surface area contributed by atoms with Gasteiger partial charge in [-0.25, -0.2) is 4.98 Å². The normalized spacial score (nSPS) is 24.5. The molecule has 728 valence electrons. The molecule has 44 heteroatoms. The molecule has 15 atom stereocenters. The van der Waals surface area contributed by atoms with Gasteiger partial charge in [0, 0.05) is 107 Å². The lowest BCUT2D eigenvalue weighted by Crippen LogP contribution is -2.61. The molecule has 2 fully saturated rings. The number of hydrogen-bond acceptors (Lipinski definition) is 24. The van der Waals surface area contributed by atoms with Crippen LogP contribution in [0.25, 0.3) is 21.0 Å². The van der Waals surface area contributed by atoms with E-state index in [2.05, 4.69) is 68.1 Å². The van der Waals surface area contributed by atoms with Crippen molar-refractivity contribution in [1.29, 1.82) is 0 Å². The number of aromatic hydroxyl groups is 1. The minimum atomic E-state index is -1.86. The largest absolute Gasteiger partial charge is 0.508 e. The number of carbonyl (C=O) groups is 18. The van der Waals surface area contributed by atoms with Gasteiger partial charge in [0.1, 0.15) is 90.3 Å². The van der Waals surface area contributed by atoms with E-state index in [1.54, 1.807) is 50.4 Å². The summed E-state index contributed by atoms with van der Waals surface area (Å²) in [5, 5.41) is 61.2. The van der Waals surface area contributed by atoms with Crippen molar-refractivity contribution in [3.8, 4) is 5.75 Å². The molecule has 21 N–H and O–H groups in total. The number of amides is 17. The van der Waals surface area contributed by atoms with Crippen molar-refractivity contribution in [3.05, 3.63) is 119 Å². The number of nitrogens with two attached hydrogens (primary N) is 3. The van der Waals surface area contributed by atoms with Crippen molar-refractivity contribution in [3.63, 3.8) is 0 Å². The number of aromatic amines is 2. The van der Waals surface area contributed by atoms with E-state index in [1.165, 1.54) is 92.9 Å². The number of unbranched alkanes of at least 4 members (excludes halogenated alkanes) is 2. The number of aromatic nitrogens is 3. The molecule has 0 spiro atoms. The molecule has 3 aromatic carbocycles. The molecule has 134 heavy (non-hydrogen) atoms. The molecule has 6 aromatic rings. The average Bonchev–Trinajstić information content (AvgIpc) is 1.71. The molecule has 2 aliphatic heterocycles. The van der Waals surface area contributed by atoms with Gasteiger partial charge < -0.3 is 120 Å². The summed E-state index contributed by atoms with van der Waals surface area (Å²) >= 11 is 2.15. The number of nitrogens with zero attached hydrogens (tertiary/aromatic N) is 6. The Labute approximate surface area is 783 Å². The third-order valence-electron chi connectivity index (χ3n) is 23.6. The number of benzene rings is 3. The SMILES string of the molecule is CCCC[C@H]1C(=O)N(C)[C@@H](CCCC)C(=O)N[C@@H](CC(C)C)C(=O)N[C@H](C(=O)NCC(N)=O)CSCC(=O)N[C@@H](Cc2ccc(O)cc2)C(=O)N(C)[C@@H](C)C(=O)N[C@@H](CC(N)=O)C(=O)N(C)[C@@H](C)C(=O)N[C@@H](Cc2c[nH]cn2)C(=O)N[C@@H](CCC(=O)O)C(=O)N2C[C@H](O)C[C@H]2C(=O)N[C@@H](Cc2c[nH]c3ccccc23)C(=O)N[C@@H](CCN)C(=O)N[C@@H](Cc2csc3ccccc23)C(=O)N1C. The van der Waals surface area contributed by atoms with Crippen molar-refractivity contribution < 1.29 is 102 Å². The zero-order chi connectivity index (χ0) is 98.5. The number of carboxylic acid groups (broad SMARTS) is 1. The fourth-order valence-corrected chi connectivity index (χ4v) is 17.6. The van der Waals surface area contributed by atoms with Crippen molar-refractivity contribution in [2.45, 2.75) is 235 Å². The smallest absolute Gasteiger partial charge is 0.303 e. The Bertz CT molecular complexity index is 5170. The quantitative estimate of drug-likeness (QED) is 0.0297. The maximum atomic E-state index is 15.8. The van der Waals surface area contributed by atoms with Crippen LogP contribution < -0.4 is 70.4 Å². The Morgan fingerprint density at radius 3 is 1.72 bits per heavy atom. The number of carboxylic acids is 1. The summed E-state index contributed by atoms with van der Waals surface area (Å²) in [6.07, 6.45) is 0.208. The number of imidazole rings is 1. The van der Waals surface area contributed by atoms with Crippen molar-refractivity contribution in [2.75, 3.05) is 59.3 Å². The minimum Gasteiger partial charge on any atom is -0.508 e. The molecule has 2 saturated heterocycles. The van der Waals surface area contributed by atoms with E-state index in [-0.39, 0.29) is 68.9 Å². The molecule has 0 aliphatic carbocycles. The number of para-hydroxylation sites is 1. The summed E-state index contributed by atoms with van der Waals surface area (Å²) in [4.78, 5) is 277. The highest BCUT2D eigenvalue weighted by Gasteiger charge is 2.46. The first-order valence-corrected chi connectivity index (χ1v) is 46.5. The first-order chi connectivity index (χ1) is 63.6. The molecule has 0 radical (unpaired) electrons. The number of likely N-dealkylation sites (N-methyl/N-ethyl adjacent to an activating group) is 4. The first kappa shape index (κ1) is 106. The highest BCUT2D eigenvalue weighted by atomic mass is 32.2. The zero-order valence-electron chi connectivity index (χ0n) is 76.7. The van der Waals surface area contributed by atoms with Crippen LogP contribution in [0.4, 0.5) is 0 Å². The Hall–Kier alpha value is -13.1. The van der Waals surface area contributed by atoms with Crippen molar-refractivity contribution in [1.82, 2.24) is 92.6 Å². The Kier molecular flexibility index (Phi) is 40.2. The number of thioether (sulfide) groups is 1. The number of aliphatic carboxylic acids is 1. The van der Waals surface area contributed by atoms with Crippen LogP contribution in [0.1, 0.15) is 141 Å². The summed E-state index contributed by atoms with van der Waals surface area (Å²) in [6.45, 7) is 8.16. The predicted octanol–water partition coefficient (Wildman–Crippen LogP) is -1.38. The number of phenols is 1. The van der Waals surface area contributed by atoms with Crippen LogP contribution in [0, 0.1) is 5.92 Å². The van der Waals surface area contributed by atoms with Crippen molar-refractivity contribution in [2.24, 2.45) is 23.1 Å². The summed E-state index contributed by atoms with van der Waals surface area (Å²) in [7, 11) is 5.07. The second-order valence-corrected chi connectivity index (χ2v) is 36.1. The second kappa shape index (κ2) is 50.7. The molecule has 5 heterocycles. The highest BCUT2D eigenvalue weighted by Crippen LogP contribution is 2.30. The van der Waals surface area contributed by atoms with Gasteiger partial charge in [-0.2, -0.15) is 0 Å². The molecule has 42 nitrogen and oxygen atoms in total. The zero-order valence-corrected chi connectivity index (χ0v) is 78.4. The van der Waals surface area contributed by atoms with E-state index >= 15 is 33.6 Å². The third-order valence-corrected chi connectivity index (χ3v) is 25.6. The molecular formula is C90H125N21O21S2. The standard InChI is InChI=1S/C90H125N21O21S2/c1-11-13-22-69-84(126)102-62(33-48(3)4)81(123)106-68(79(121)96-42-74(93)115)45-133-46-75(116)98-65(34-51-25-27-55(112)28-26-51)86(128)107(7)50(6)78(120)104-67(39-73(92)114)87(129)108(8)49(5)77(119)101-64(37-54-41-94-47-97-54)83(125)100-61(29-30-76(117)118)89(131)111-43-56(113)38-71(111)85(127)103-63(35-52-40-95-59-21-17-15-19-57(52)59)82(124)99-60(31-32-91)80(122)105-66(36-53-44-134-72-24-18-16-20-58(53)72)88(130)110(10)70(23-14-12-2)90(132)109(69)9/h15-21,24-28,40-41,44,47-50,56,60-71,95,112-113H,11-14,22-23,29-39,42-43,45-46,91H2,1-10H3,(H2,92,114)(H2,93,115)(H,94,97)(H,96,121)(H,98,116)(H,99,124)(H,100,125)(H,101,119)(H,102,126)(H,103,127)(H,104,120)(H,105,122)(H,106,123)(H,117,118)/t49-,50-,56+,60-,61-,62-,63-,64-,65-,66-,67-,68-,69-,70-,71-/m0/s1. The lowest BCUT2D eigenvalue weighted by molar-refractivity contribution is -0.149. The van der Waals surface area contributed by atoms with E-state index in [0.29, 0.717) is 53.3 Å². The maximum absolute atomic E-state index is 15.8. The van der Waals surface area contributed by atoms with E-state index in [1.807, 2.05) is 37.4 Å². The van der Waals surface area contributed by atoms with Crippen LogP contribution in [-0.4, -0.2) is 311 Å². The summed E-state index contributed by atoms with van der Waals surface area (Å²) in [6, 6.07) is -2.34. The summed E-state index contributed by atoms with van der Waals surface area (Å²) in [5.41, 5.74) is 19.6. The van der Waals surface area contributed by atoms with Crippen LogP contribution in [0.15, 0.2) is 96.9 Å². The summed E-state index contributed by atoms with van der Waals surface area (Å²) < 4.78 is 0.829. The lowest BCUT2D eigenvalue weighted by Gasteiger charge is -2.36. The predicted molar refractivity (Wildman–Crippen MR) is 495 cm³/mol. The molecule has 3 aromatic heterocycles. The molecule has 2 aliphatic rings. The number of aliphatic hydroxyl groups is 1. The van der Waals surface area contributed by atoms with Crippen LogP contribution in [0.5, 0.6) is 5.75 Å². The third kappa shape index (κ3) is 30.0. The van der Waals surface area contributed by atoms with Gasteiger partial charge in [-0.15, -0.1) is 23.1 Å². The highest BCUT2D eigenvalue weighted by molar-refractivity contribution is 8.00. The number of hydrogen-bond donors (Lipinski definition) is 18. The van der Waals surface area contributed by atoms with Crippen LogP contribution in [-0.2, 0) is 112 Å². The molecule has 0 unspecified atom stereocenters. The lowest BCUT2D eigenvalue weighted by atomic mass is 9.99. The number of primary amides is 2. The summed E-state index contributed by atoms with van der Waals surface area (Å²) in [5.74, 6) is -19.3. The number of fused-ring (bicyclic) bond motifs is 3. The van der Waals surface area contributed by atoms with Gasteiger partial charge in [-0.3, -0.25) is 86.3 Å². The van der Waals surface area contributed by atoms with Gasteiger partial charge >= 0.3 is 5.97 Å². The van der Waals surface area contributed by atoms with Gasteiger partial charge in [0.05, 0.1) is 36.8 Å². The molecular weight excluding hydrogens is 1780 g/mol. The monoisotopic (exact) mass is 1900 g/mol. The number of rotatable bonds is 26.